The molecule has 5 nitrogen and oxygen atoms in total. The summed E-state index contributed by atoms with van der Waals surface area (Å²) in [6, 6.07) is 7.73. The quantitative estimate of drug-likeness (QED) is 0.695. The van der Waals surface area contributed by atoms with E-state index < -0.39 is 0 Å². The summed E-state index contributed by atoms with van der Waals surface area (Å²) >= 11 is 7.69. The molecule has 3 aromatic rings. The van der Waals surface area contributed by atoms with Crippen molar-refractivity contribution in [3.8, 4) is 0 Å². The lowest BCUT2D eigenvalue weighted by molar-refractivity contribution is 0.102. The van der Waals surface area contributed by atoms with Crippen molar-refractivity contribution in [1.29, 1.82) is 0 Å². The Hall–Kier alpha value is -2.18. The van der Waals surface area contributed by atoms with Crippen molar-refractivity contribution < 1.29 is 9.32 Å². The number of rotatable bonds is 5. The van der Waals surface area contributed by atoms with Crippen LogP contribution in [0.5, 0.6) is 0 Å². The number of aryl methyl sites for hydroxylation is 3. The molecule has 7 heteroatoms. The molecule has 0 unspecified atom stereocenters. The summed E-state index contributed by atoms with van der Waals surface area (Å²) in [6.45, 7) is 5.61. The van der Waals surface area contributed by atoms with Crippen molar-refractivity contribution >= 4 is 34.0 Å². The second-order valence-corrected chi connectivity index (χ2v) is 7.16. The number of hydrogen-bond acceptors (Lipinski definition) is 5. The number of thiazole rings is 1. The van der Waals surface area contributed by atoms with E-state index in [2.05, 4.69) is 15.5 Å². The van der Waals surface area contributed by atoms with E-state index in [1.165, 1.54) is 11.3 Å². The number of anilines is 1. The predicted molar refractivity (Wildman–Crippen MR) is 99.7 cm³/mol. The lowest BCUT2D eigenvalue weighted by Crippen LogP contribution is -2.14. The zero-order chi connectivity index (χ0) is 18.0. The molecule has 0 saturated heterocycles. The van der Waals surface area contributed by atoms with Gasteiger partial charge in [-0.15, -0.1) is 11.3 Å². The normalized spacial score (nSPS) is 10.9. The van der Waals surface area contributed by atoms with E-state index in [9.17, 15) is 4.79 Å². The van der Waals surface area contributed by atoms with Crippen molar-refractivity contribution in [2.45, 2.75) is 33.6 Å². The molecule has 0 bridgehead atoms. The first-order valence-electron chi connectivity index (χ1n) is 7.95. The first-order valence-corrected chi connectivity index (χ1v) is 9.15. The smallest absolute Gasteiger partial charge is 0.262 e. The van der Waals surface area contributed by atoms with E-state index in [4.69, 9.17) is 16.1 Å². The van der Waals surface area contributed by atoms with Gasteiger partial charge in [-0.3, -0.25) is 10.1 Å². The van der Waals surface area contributed by atoms with Crippen molar-refractivity contribution in [3.05, 3.63) is 62.4 Å². The molecular formula is C18H18ClN3O2S. The van der Waals surface area contributed by atoms with Gasteiger partial charge in [-0.1, -0.05) is 41.9 Å². The minimum absolute atomic E-state index is 0.242. The van der Waals surface area contributed by atoms with Gasteiger partial charge in [-0.2, -0.15) is 0 Å². The van der Waals surface area contributed by atoms with Crippen LogP contribution in [0, 0.1) is 13.8 Å². The number of benzene rings is 1. The highest BCUT2D eigenvalue weighted by molar-refractivity contribution is 7.15. The molecule has 0 fully saturated rings. The van der Waals surface area contributed by atoms with E-state index in [0.717, 1.165) is 21.2 Å². The molecule has 3 rings (SSSR count). The number of halogens is 1. The molecule has 0 saturated carbocycles. The van der Waals surface area contributed by atoms with Crippen molar-refractivity contribution in [1.82, 2.24) is 10.1 Å². The molecular weight excluding hydrogens is 358 g/mol. The number of nitrogens with one attached hydrogen (secondary N) is 1. The summed E-state index contributed by atoms with van der Waals surface area (Å²) < 4.78 is 5.18. The summed E-state index contributed by atoms with van der Waals surface area (Å²) in [5.41, 5.74) is 3.00. The van der Waals surface area contributed by atoms with Crippen LogP contribution in [0.4, 0.5) is 5.13 Å². The predicted octanol–water partition coefficient (Wildman–Crippen LogP) is 4.81. The highest BCUT2D eigenvalue weighted by atomic mass is 35.5. The molecule has 1 aromatic carbocycles. The molecule has 2 aromatic heterocycles. The van der Waals surface area contributed by atoms with Crippen LogP contribution < -0.4 is 5.32 Å². The number of nitrogens with zero attached hydrogens (tertiary/aromatic N) is 2. The molecule has 0 aliphatic heterocycles. The Kier molecular flexibility index (Phi) is 5.20. The summed E-state index contributed by atoms with van der Waals surface area (Å²) in [5.74, 6) is 0.341. The van der Waals surface area contributed by atoms with Crippen LogP contribution in [0.1, 0.15) is 44.9 Å². The topological polar surface area (TPSA) is 68.0 Å². The molecule has 0 aliphatic rings. The Bertz CT molecular complexity index is 917. The van der Waals surface area contributed by atoms with Gasteiger partial charge in [0.05, 0.1) is 11.4 Å². The highest BCUT2D eigenvalue weighted by Crippen LogP contribution is 2.28. The van der Waals surface area contributed by atoms with Crippen LogP contribution in [-0.2, 0) is 12.8 Å². The first-order chi connectivity index (χ1) is 12.0. The molecule has 1 amide bonds. The van der Waals surface area contributed by atoms with Gasteiger partial charge in [0, 0.05) is 22.7 Å². The van der Waals surface area contributed by atoms with Crippen LogP contribution in [0.2, 0.25) is 5.02 Å². The van der Waals surface area contributed by atoms with Gasteiger partial charge in [0.2, 0.25) is 0 Å². The molecule has 0 radical (unpaired) electrons. The van der Waals surface area contributed by atoms with Gasteiger partial charge in [-0.05, 0) is 25.5 Å². The lowest BCUT2D eigenvalue weighted by Gasteiger charge is -2.02. The van der Waals surface area contributed by atoms with Crippen LogP contribution in [-0.4, -0.2) is 16.0 Å². The Labute approximate surface area is 155 Å². The van der Waals surface area contributed by atoms with Gasteiger partial charge in [0.25, 0.3) is 5.91 Å². The summed E-state index contributed by atoms with van der Waals surface area (Å²) in [4.78, 5) is 18.1. The monoisotopic (exact) mass is 375 g/mol. The van der Waals surface area contributed by atoms with E-state index >= 15 is 0 Å². The van der Waals surface area contributed by atoms with Gasteiger partial charge in [0.1, 0.15) is 11.3 Å². The number of aromatic nitrogens is 2. The van der Waals surface area contributed by atoms with Crippen LogP contribution in [0.25, 0.3) is 0 Å². The maximum Gasteiger partial charge on any atom is 0.262 e. The van der Waals surface area contributed by atoms with Crippen LogP contribution in [0.15, 0.2) is 28.8 Å². The third-order valence-electron chi connectivity index (χ3n) is 3.90. The first kappa shape index (κ1) is 17.6. The average molecular weight is 376 g/mol. The van der Waals surface area contributed by atoms with Gasteiger partial charge in [-0.25, -0.2) is 4.98 Å². The van der Waals surface area contributed by atoms with E-state index in [1.807, 2.05) is 38.1 Å². The molecule has 130 valence electrons. The fourth-order valence-electron chi connectivity index (χ4n) is 2.57. The standard InChI is InChI=1S/C18H18ClN3O2S/c1-4-14-16(11(3)22-24-14)17(23)21-18-20-10(2)15(25-18)9-12-7-5-6-8-13(12)19/h5-8H,4,9H2,1-3H3,(H,20,21,23). The zero-order valence-corrected chi connectivity index (χ0v) is 15.8. The number of carbonyl (C=O) groups excluding carboxylic acids is 1. The summed E-state index contributed by atoms with van der Waals surface area (Å²) in [5, 5.41) is 8.02. The molecule has 0 atom stereocenters. The van der Waals surface area contributed by atoms with Gasteiger partial charge < -0.3 is 4.52 Å². The summed E-state index contributed by atoms with van der Waals surface area (Å²) in [7, 11) is 0. The lowest BCUT2D eigenvalue weighted by atomic mass is 10.1. The number of hydrogen-bond donors (Lipinski definition) is 1. The van der Waals surface area contributed by atoms with Crippen molar-refractivity contribution in [2.24, 2.45) is 0 Å². The molecule has 25 heavy (non-hydrogen) atoms. The second kappa shape index (κ2) is 7.37. The van der Waals surface area contributed by atoms with E-state index in [1.54, 1.807) is 6.92 Å². The third-order valence-corrected chi connectivity index (χ3v) is 5.35. The zero-order valence-electron chi connectivity index (χ0n) is 14.2. The maximum atomic E-state index is 12.5. The molecule has 0 aliphatic carbocycles. The molecule has 0 spiro atoms. The van der Waals surface area contributed by atoms with E-state index in [0.29, 0.717) is 35.0 Å². The molecule has 2 heterocycles. The third kappa shape index (κ3) is 3.75. The SMILES string of the molecule is CCc1onc(C)c1C(=O)Nc1nc(C)c(Cc2ccccc2Cl)s1. The Balaban J connectivity index is 1.80. The minimum atomic E-state index is -0.242. The van der Waals surface area contributed by atoms with Crippen molar-refractivity contribution in [2.75, 3.05) is 5.32 Å². The fourth-order valence-corrected chi connectivity index (χ4v) is 3.75. The number of amides is 1. The van der Waals surface area contributed by atoms with Crippen LogP contribution in [0.3, 0.4) is 0 Å². The summed E-state index contributed by atoms with van der Waals surface area (Å²) in [6.07, 6.45) is 1.30. The van der Waals surface area contributed by atoms with E-state index in [-0.39, 0.29) is 5.91 Å². The van der Waals surface area contributed by atoms with Crippen LogP contribution >= 0.6 is 22.9 Å². The maximum absolute atomic E-state index is 12.5. The van der Waals surface area contributed by atoms with Crippen molar-refractivity contribution in [3.63, 3.8) is 0 Å². The largest absolute Gasteiger partial charge is 0.360 e. The Morgan fingerprint density at radius 2 is 2.04 bits per heavy atom. The van der Waals surface area contributed by atoms with Gasteiger partial charge in [0.15, 0.2) is 5.13 Å². The second-order valence-electron chi connectivity index (χ2n) is 5.67. The fraction of sp³-hybridized carbons (Fsp3) is 0.278. The number of carbonyl (C=O) groups is 1. The Morgan fingerprint density at radius 1 is 1.28 bits per heavy atom. The average Bonchev–Trinajstić information content (AvgIpc) is 3.12. The highest BCUT2D eigenvalue weighted by Gasteiger charge is 2.21. The minimum Gasteiger partial charge on any atom is -0.360 e. The molecule has 1 N–H and O–H groups in total. The Morgan fingerprint density at radius 3 is 2.76 bits per heavy atom. The van der Waals surface area contributed by atoms with Gasteiger partial charge >= 0.3 is 0 Å².